The number of amides is 1. The summed E-state index contributed by atoms with van der Waals surface area (Å²) in [5, 5.41) is 20.6. The van der Waals surface area contributed by atoms with Crippen molar-refractivity contribution in [3.05, 3.63) is 77.7 Å². The first-order chi connectivity index (χ1) is 14.2. The molecule has 4 rings (SSSR count). The predicted molar refractivity (Wildman–Crippen MR) is 113 cm³/mol. The Morgan fingerprint density at radius 1 is 1.10 bits per heavy atom. The van der Waals surface area contributed by atoms with E-state index in [0.29, 0.717) is 29.1 Å². The molecule has 0 aliphatic rings. The Labute approximate surface area is 171 Å². The van der Waals surface area contributed by atoms with Crippen molar-refractivity contribution in [1.82, 2.24) is 20.2 Å². The standard InChI is InChI=1S/C21H19N5O2S/c27-8-7-14-3-2-6-17(10-14)25-20(28)16-5-1-4-15(9-16)12-29-21-18-11-24-26-19(18)22-13-23-21/h1-6,9-11,13,27H,7-8,12H2,(H,25,28)(H,22,23,24,26). The normalized spacial score (nSPS) is 10.9. The summed E-state index contributed by atoms with van der Waals surface area (Å²) in [7, 11) is 0. The van der Waals surface area contributed by atoms with Crippen LogP contribution in [0.4, 0.5) is 5.69 Å². The average molecular weight is 405 g/mol. The van der Waals surface area contributed by atoms with E-state index in [9.17, 15) is 4.79 Å². The number of thioether (sulfide) groups is 1. The second-order valence-electron chi connectivity index (χ2n) is 6.43. The van der Waals surface area contributed by atoms with Gasteiger partial charge < -0.3 is 10.4 Å². The van der Waals surface area contributed by atoms with Crippen molar-refractivity contribution in [3.8, 4) is 0 Å². The molecule has 2 aromatic carbocycles. The summed E-state index contributed by atoms with van der Waals surface area (Å²) in [6.07, 6.45) is 3.79. The molecular formula is C21H19N5O2S. The lowest BCUT2D eigenvalue weighted by Crippen LogP contribution is -2.12. The summed E-state index contributed by atoms with van der Waals surface area (Å²) in [5.41, 5.74) is 4.01. The molecule has 3 N–H and O–H groups in total. The summed E-state index contributed by atoms with van der Waals surface area (Å²) < 4.78 is 0. The molecule has 8 heteroatoms. The molecule has 2 aromatic heterocycles. The Morgan fingerprint density at radius 2 is 1.97 bits per heavy atom. The van der Waals surface area contributed by atoms with Crippen molar-refractivity contribution in [1.29, 1.82) is 0 Å². The number of aromatic nitrogens is 4. The van der Waals surface area contributed by atoms with Gasteiger partial charge in [0.25, 0.3) is 5.91 Å². The molecule has 1 amide bonds. The van der Waals surface area contributed by atoms with Crippen LogP contribution >= 0.6 is 11.8 Å². The minimum atomic E-state index is -0.169. The zero-order chi connectivity index (χ0) is 20.1. The number of nitrogens with one attached hydrogen (secondary N) is 2. The molecule has 0 aliphatic carbocycles. The lowest BCUT2D eigenvalue weighted by molar-refractivity contribution is 0.102. The number of anilines is 1. The third-order valence-corrected chi connectivity index (χ3v) is 5.44. The molecule has 0 unspecified atom stereocenters. The van der Waals surface area contributed by atoms with Gasteiger partial charge in [0, 0.05) is 23.6 Å². The third-order valence-electron chi connectivity index (χ3n) is 4.36. The van der Waals surface area contributed by atoms with E-state index in [1.54, 1.807) is 24.0 Å². The minimum absolute atomic E-state index is 0.0779. The van der Waals surface area contributed by atoms with Gasteiger partial charge in [0.2, 0.25) is 0 Å². The van der Waals surface area contributed by atoms with Crippen molar-refractivity contribution in [2.24, 2.45) is 0 Å². The van der Waals surface area contributed by atoms with Crippen molar-refractivity contribution >= 4 is 34.4 Å². The van der Waals surface area contributed by atoms with Gasteiger partial charge in [-0.25, -0.2) is 9.97 Å². The van der Waals surface area contributed by atoms with Crippen LogP contribution in [0.1, 0.15) is 21.5 Å². The number of H-pyrrole nitrogens is 1. The van der Waals surface area contributed by atoms with E-state index < -0.39 is 0 Å². The number of carbonyl (C=O) groups excluding carboxylic acids is 1. The predicted octanol–water partition coefficient (Wildman–Crippen LogP) is 3.43. The van der Waals surface area contributed by atoms with Crippen molar-refractivity contribution < 1.29 is 9.90 Å². The maximum atomic E-state index is 12.6. The summed E-state index contributed by atoms with van der Waals surface area (Å²) >= 11 is 1.57. The highest BCUT2D eigenvalue weighted by atomic mass is 32.2. The van der Waals surface area contributed by atoms with Crippen LogP contribution in [0, 0.1) is 0 Å². The summed E-state index contributed by atoms with van der Waals surface area (Å²) in [6, 6.07) is 15.0. The zero-order valence-electron chi connectivity index (χ0n) is 15.5. The Hall–Kier alpha value is -3.23. The van der Waals surface area contributed by atoms with Crippen LogP contribution in [0.5, 0.6) is 0 Å². The SMILES string of the molecule is O=C(Nc1cccc(CCO)c1)c1cccc(CSc2ncnc3[nH]ncc23)c1. The van der Waals surface area contributed by atoms with Crippen LogP contribution in [0.15, 0.2) is 66.1 Å². The van der Waals surface area contributed by atoms with Gasteiger partial charge in [0.05, 0.1) is 11.6 Å². The van der Waals surface area contributed by atoms with Crippen LogP contribution in [0.2, 0.25) is 0 Å². The quantitative estimate of drug-likeness (QED) is 0.321. The van der Waals surface area contributed by atoms with Crippen LogP contribution in [-0.4, -0.2) is 37.8 Å². The molecule has 0 aliphatic heterocycles. The Balaban J connectivity index is 1.45. The Morgan fingerprint density at radius 3 is 2.86 bits per heavy atom. The number of fused-ring (bicyclic) bond motifs is 1. The van der Waals surface area contributed by atoms with Crippen LogP contribution < -0.4 is 5.32 Å². The van der Waals surface area contributed by atoms with Gasteiger partial charge in [-0.1, -0.05) is 24.3 Å². The number of rotatable bonds is 7. The van der Waals surface area contributed by atoms with Crippen molar-refractivity contribution in [2.45, 2.75) is 17.2 Å². The number of aliphatic hydroxyl groups is 1. The molecule has 0 saturated carbocycles. The number of hydrogen-bond donors (Lipinski definition) is 3. The lowest BCUT2D eigenvalue weighted by Gasteiger charge is -2.08. The summed E-state index contributed by atoms with van der Waals surface area (Å²) in [6.45, 7) is 0.0779. The first-order valence-electron chi connectivity index (χ1n) is 9.10. The zero-order valence-corrected chi connectivity index (χ0v) is 16.3. The Kier molecular flexibility index (Phi) is 5.83. The molecule has 0 atom stereocenters. The number of benzene rings is 2. The maximum Gasteiger partial charge on any atom is 0.255 e. The van der Waals surface area contributed by atoms with Gasteiger partial charge in [-0.05, 0) is 41.8 Å². The molecule has 0 spiro atoms. The molecule has 4 aromatic rings. The fourth-order valence-corrected chi connectivity index (χ4v) is 3.86. The Bertz CT molecular complexity index is 1140. The van der Waals surface area contributed by atoms with Gasteiger partial charge in [-0.2, -0.15) is 5.10 Å². The third kappa shape index (κ3) is 4.61. The van der Waals surface area contributed by atoms with E-state index in [1.165, 1.54) is 6.33 Å². The van der Waals surface area contributed by atoms with Gasteiger partial charge in [0.15, 0.2) is 5.65 Å². The van der Waals surface area contributed by atoms with E-state index in [-0.39, 0.29) is 12.5 Å². The molecule has 146 valence electrons. The van der Waals surface area contributed by atoms with Gasteiger partial charge in [-0.15, -0.1) is 11.8 Å². The number of aliphatic hydroxyl groups excluding tert-OH is 1. The fourth-order valence-electron chi connectivity index (χ4n) is 2.95. The molecule has 2 heterocycles. The lowest BCUT2D eigenvalue weighted by atomic mass is 10.1. The largest absolute Gasteiger partial charge is 0.396 e. The van der Waals surface area contributed by atoms with E-state index in [0.717, 1.165) is 21.5 Å². The highest BCUT2D eigenvalue weighted by Crippen LogP contribution is 2.26. The molecule has 0 saturated heterocycles. The van der Waals surface area contributed by atoms with E-state index in [2.05, 4.69) is 25.5 Å². The highest BCUT2D eigenvalue weighted by molar-refractivity contribution is 7.98. The van der Waals surface area contributed by atoms with Gasteiger partial charge in [-0.3, -0.25) is 9.89 Å². The molecule has 0 bridgehead atoms. The van der Waals surface area contributed by atoms with E-state index in [4.69, 9.17) is 5.11 Å². The topological polar surface area (TPSA) is 104 Å². The van der Waals surface area contributed by atoms with E-state index in [1.807, 2.05) is 42.5 Å². The molecule has 0 radical (unpaired) electrons. The molecular weight excluding hydrogens is 386 g/mol. The number of hydrogen-bond acceptors (Lipinski definition) is 6. The van der Waals surface area contributed by atoms with Crippen molar-refractivity contribution in [3.63, 3.8) is 0 Å². The fraction of sp³-hybridized carbons (Fsp3) is 0.143. The first kappa shape index (κ1) is 19.1. The smallest absolute Gasteiger partial charge is 0.255 e. The summed E-state index contributed by atoms with van der Waals surface area (Å²) in [4.78, 5) is 21.1. The van der Waals surface area contributed by atoms with E-state index >= 15 is 0 Å². The van der Waals surface area contributed by atoms with Gasteiger partial charge in [0.1, 0.15) is 11.4 Å². The van der Waals surface area contributed by atoms with Gasteiger partial charge >= 0.3 is 0 Å². The number of aromatic amines is 1. The molecule has 29 heavy (non-hydrogen) atoms. The number of carbonyl (C=O) groups is 1. The first-order valence-corrected chi connectivity index (χ1v) is 10.1. The number of nitrogens with zero attached hydrogens (tertiary/aromatic N) is 3. The monoisotopic (exact) mass is 405 g/mol. The molecule has 7 nitrogen and oxygen atoms in total. The summed E-state index contributed by atoms with van der Waals surface area (Å²) in [5.74, 6) is 0.502. The second kappa shape index (κ2) is 8.85. The van der Waals surface area contributed by atoms with Crippen LogP contribution in [-0.2, 0) is 12.2 Å². The average Bonchev–Trinajstić information content (AvgIpc) is 3.22. The van der Waals surface area contributed by atoms with Crippen LogP contribution in [0.3, 0.4) is 0 Å². The molecule has 0 fully saturated rings. The highest BCUT2D eigenvalue weighted by Gasteiger charge is 2.10. The minimum Gasteiger partial charge on any atom is -0.396 e. The van der Waals surface area contributed by atoms with Crippen molar-refractivity contribution in [2.75, 3.05) is 11.9 Å². The maximum absolute atomic E-state index is 12.6. The van der Waals surface area contributed by atoms with Crippen LogP contribution in [0.25, 0.3) is 11.0 Å². The second-order valence-corrected chi connectivity index (χ2v) is 7.39.